The molecule has 242 valence electrons. The van der Waals surface area contributed by atoms with Gasteiger partial charge >= 0.3 is 11.9 Å². The number of unbranched alkanes of at least 4 members (excludes halogenated alkanes) is 3. The number of aromatic amines is 1. The number of anilines is 1. The molecule has 3 aromatic rings. The highest BCUT2D eigenvalue weighted by molar-refractivity contribution is 6.00. The van der Waals surface area contributed by atoms with Crippen molar-refractivity contribution < 1.29 is 33.5 Å². The van der Waals surface area contributed by atoms with Crippen LogP contribution in [0.5, 0.6) is 5.88 Å². The Balaban J connectivity index is 1.26. The maximum Gasteiger partial charge on any atom is 0.336 e. The number of nitro benzene ring substituents is 1. The molecule has 4 rings (SSSR count). The molecule has 2 heterocycles. The number of hydrogen-bond acceptors (Lipinski definition) is 10. The highest BCUT2D eigenvalue weighted by Crippen LogP contribution is 2.40. The van der Waals surface area contributed by atoms with Gasteiger partial charge in [-0.25, -0.2) is 9.59 Å². The molecule has 0 saturated carbocycles. The molecular weight excluding hydrogens is 594 g/mol. The number of non-ortho nitro benzene ring substituents is 1. The predicted octanol–water partition coefficient (Wildman–Crippen LogP) is 5.53. The SMILES string of the molecule is COC(=O)C1=C(C)NC(C)=C(C(=O)OCCCCCCOc2cc(-c3ccc(NC(C)=O)cc3)[nH]n2)C1c1cccc([N+](=O)[O-])c1. The van der Waals surface area contributed by atoms with Crippen LogP contribution in [0.3, 0.4) is 0 Å². The van der Waals surface area contributed by atoms with E-state index in [1.54, 1.807) is 19.9 Å². The Bertz CT molecular complexity index is 1660. The monoisotopic (exact) mass is 631 g/mol. The van der Waals surface area contributed by atoms with E-state index in [9.17, 15) is 24.5 Å². The number of esters is 2. The first-order valence-corrected chi connectivity index (χ1v) is 14.8. The average Bonchev–Trinajstić information content (AvgIpc) is 3.50. The summed E-state index contributed by atoms with van der Waals surface area (Å²) in [5.41, 5.74) is 4.03. The van der Waals surface area contributed by atoms with Gasteiger partial charge in [0.15, 0.2) is 0 Å². The number of nitrogens with zero attached hydrogens (tertiary/aromatic N) is 2. The van der Waals surface area contributed by atoms with Crippen molar-refractivity contribution in [2.24, 2.45) is 0 Å². The molecule has 0 spiro atoms. The van der Waals surface area contributed by atoms with Crippen molar-refractivity contribution in [1.29, 1.82) is 0 Å². The lowest BCUT2D eigenvalue weighted by atomic mass is 9.80. The Morgan fingerprint density at radius 2 is 1.61 bits per heavy atom. The van der Waals surface area contributed by atoms with Crippen molar-refractivity contribution in [3.8, 4) is 17.1 Å². The number of amides is 1. The molecule has 1 aliphatic rings. The standard InChI is InChI=1S/C33H37N5O8/c1-20-29(32(40)44-4)31(24-10-9-11-26(18-24)38(42)43)30(21(2)34-20)33(41)46-17-8-6-5-7-16-45-28-19-27(36-37-28)23-12-14-25(15-13-23)35-22(3)39/h9-15,18-19,31,34H,5-8,16-17H2,1-4H3,(H,35,39)(H,36,37). The van der Waals surface area contributed by atoms with Crippen LogP contribution in [0, 0.1) is 10.1 Å². The zero-order chi connectivity index (χ0) is 33.2. The zero-order valence-electron chi connectivity index (χ0n) is 26.2. The molecule has 0 saturated heterocycles. The number of ether oxygens (including phenoxy) is 3. The first-order valence-electron chi connectivity index (χ1n) is 14.8. The number of benzene rings is 2. The molecule has 0 fully saturated rings. The largest absolute Gasteiger partial charge is 0.477 e. The minimum absolute atomic E-state index is 0.132. The van der Waals surface area contributed by atoms with E-state index in [1.807, 2.05) is 30.3 Å². The molecule has 1 unspecified atom stereocenters. The maximum atomic E-state index is 13.4. The van der Waals surface area contributed by atoms with Gasteiger partial charge in [-0.1, -0.05) is 24.3 Å². The maximum absolute atomic E-state index is 13.4. The third-order valence-electron chi connectivity index (χ3n) is 7.39. The molecule has 2 aromatic carbocycles. The molecule has 0 aliphatic carbocycles. The second kappa shape index (κ2) is 15.5. The van der Waals surface area contributed by atoms with Gasteiger partial charge < -0.3 is 24.8 Å². The number of allylic oxidation sites excluding steroid dienone is 2. The summed E-state index contributed by atoms with van der Waals surface area (Å²) in [5, 5.41) is 24.4. The molecule has 46 heavy (non-hydrogen) atoms. The summed E-state index contributed by atoms with van der Waals surface area (Å²) >= 11 is 0. The molecule has 1 aromatic heterocycles. The third kappa shape index (κ3) is 8.37. The van der Waals surface area contributed by atoms with Crippen LogP contribution >= 0.6 is 0 Å². The Hall–Kier alpha value is -5.46. The fourth-order valence-electron chi connectivity index (χ4n) is 5.23. The van der Waals surface area contributed by atoms with E-state index >= 15 is 0 Å². The lowest BCUT2D eigenvalue weighted by Gasteiger charge is -2.30. The Labute approximate surface area is 266 Å². The van der Waals surface area contributed by atoms with Crippen LogP contribution in [0.4, 0.5) is 11.4 Å². The van der Waals surface area contributed by atoms with E-state index in [1.165, 1.54) is 32.2 Å². The molecule has 13 nitrogen and oxygen atoms in total. The summed E-state index contributed by atoms with van der Waals surface area (Å²) in [5.74, 6) is -1.81. The quantitative estimate of drug-likeness (QED) is 0.0887. The van der Waals surface area contributed by atoms with Gasteiger partial charge in [-0.15, -0.1) is 5.10 Å². The fraction of sp³-hybridized carbons (Fsp3) is 0.333. The minimum atomic E-state index is -0.899. The number of carbonyl (C=O) groups is 3. The van der Waals surface area contributed by atoms with Crippen molar-refractivity contribution in [2.45, 2.75) is 52.4 Å². The minimum Gasteiger partial charge on any atom is -0.477 e. The summed E-state index contributed by atoms with van der Waals surface area (Å²) in [6.45, 7) is 5.48. The highest BCUT2D eigenvalue weighted by atomic mass is 16.6. The third-order valence-corrected chi connectivity index (χ3v) is 7.39. The number of methoxy groups -OCH3 is 1. The second-order valence-electron chi connectivity index (χ2n) is 10.8. The molecule has 3 N–H and O–H groups in total. The number of dihydropyridines is 1. The lowest BCUT2D eigenvalue weighted by molar-refractivity contribution is -0.384. The van der Waals surface area contributed by atoms with Crippen molar-refractivity contribution in [3.63, 3.8) is 0 Å². The molecular formula is C33H37N5O8. The molecule has 0 bridgehead atoms. The van der Waals surface area contributed by atoms with Crippen LogP contribution in [0.2, 0.25) is 0 Å². The number of aromatic nitrogens is 2. The topological polar surface area (TPSA) is 175 Å². The van der Waals surface area contributed by atoms with Gasteiger partial charge in [0.05, 0.1) is 48.0 Å². The van der Waals surface area contributed by atoms with Crippen LogP contribution in [0.1, 0.15) is 57.9 Å². The number of nitrogens with one attached hydrogen (secondary N) is 3. The van der Waals surface area contributed by atoms with Gasteiger partial charge in [-0.05, 0) is 62.8 Å². The first-order chi connectivity index (χ1) is 22.1. The molecule has 1 amide bonds. The first kappa shape index (κ1) is 33.4. The molecule has 1 atom stereocenters. The van der Waals surface area contributed by atoms with E-state index in [2.05, 4.69) is 20.8 Å². The van der Waals surface area contributed by atoms with Crippen molar-refractivity contribution in [3.05, 3.63) is 92.8 Å². The second-order valence-corrected chi connectivity index (χ2v) is 10.8. The Morgan fingerprint density at radius 1 is 0.935 bits per heavy atom. The molecule has 13 heteroatoms. The normalized spacial score (nSPS) is 14.4. The van der Waals surface area contributed by atoms with Gasteiger partial charge in [0, 0.05) is 42.2 Å². The van der Waals surface area contributed by atoms with Crippen LogP contribution in [0.25, 0.3) is 11.3 Å². The number of rotatable bonds is 14. The summed E-state index contributed by atoms with van der Waals surface area (Å²) in [7, 11) is 1.24. The van der Waals surface area contributed by atoms with Gasteiger partial charge in [0.1, 0.15) is 0 Å². The summed E-state index contributed by atoms with van der Waals surface area (Å²) in [6.07, 6.45) is 3.03. The summed E-state index contributed by atoms with van der Waals surface area (Å²) < 4.78 is 16.4. The van der Waals surface area contributed by atoms with Crippen LogP contribution in [0.15, 0.2) is 77.1 Å². The van der Waals surface area contributed by atoms with Crippen LogP contribution in [-0.2, 0) is 23.9 Å². The number of hydrogen-bond donors (Lipinski definition) is 3. The van der Waals surface area contributed by atoms with Crippen molar-refractivity contribution in [2.75, 3.05) is 25.6 Å². The zero-order valence-corrected chi connectivity index (χ0v) is 26.2. The van der Waals surface area contributed by atoms with Gasteiger partial charge in [-0.3, -0.25) is 20.0 Å². The number of nitro groups is 1. The average molecular weight is 632 g/mol. The molecule has 1 aliphatic heterocycles. The van der Waals surface area contributed by atoms with E-state index in [-0.39, 0.29) is 29.3 Å². The Morgan fingerprint density at radius 3 is 2.26 bits per heavy atom. The molecule has 0 radical (unpaired) electrons. The van der Waals surface area contributed by atoms with Crippen LogP contribution < -0.4 is 15.4 Å². The number of H-pyrrole nitrogens is 1. The smallest absolute Gasteiger partial charge is 0.336 e. The van der Waals surface area contributed by atoms with Gasteiger partial charge in [0.25, 0.3) is 5.69 Å². The summed E-state index contributed by atoms with van der Waals surface area (Å²) in [6, 6.07) is 15.0. The van der Waals surface area contributed by atoms with E-state index in [0.717, 1.165) is 30.5 Å². The Kier molecular flexibility index (Phi) is 11.3. The van der Waals surface area contributed by atoms with Crippen molar-refractivity contribution in [1.82, 2.24) is 15.5 Å². The fourth-order valence-corrected chi connectivity index (χ4v) is 5.23. The number of carbonyl (C=O) groups excluding carboxylic acids is 3. The highest BCUT2D eigenvalue weighted by Gasteiger charge is 2.38. The van der Waals surface area contributed by atoms with E-state index < -0.39 is 22.8 Å². The van der Waals surface area contributed by atoms with Crippen molar-refractivity contribution >= 4 is 29.2 Å². The van der Waals surface area contributed by atoms with Gasteiger partial charge in [0.2, 0.25) is 11.8 Å². The van der Waals surface area contributed by atoms with Gasteiger partial charge in [-0.2, -0.15) is 0 Å². The summed E-state index contributed by atoms with van der Waals surface area (Å²) in [4.78, 5) is 48.3. The lowest BCUT2D eigenvalue weighted by Crippen LogP contribution is -2.32. The van der Waals surface area contributed by atoms with E-state index in [4.69, 9.17) is 14.2 Å². The van der Waals surface area contributed by atoms with E-state index in [0.29, 0.717) is 41.6 Å². The van der Waals surface area contributed by atoms with Crippen LogP contribution in [-0.4, -0.2) is 53.3 Å². The predicted molar refractivity (Wildman–Crippen MR) is 170 cm³/mol.